The fourth-order valence-electron chi connectivity index (χ4n) is 0.392. The van der Waals surface area contributed by atoms with E-state index >= 15 is 0 Å². The molecule has 0 aromatic carbocycles. The zero-order valence-corrected chi connectivity index (χ0v) is 5.89. The average Bonchev–Trinajstić information content (AvgIpc) is 1.87. The summed E-state index contributed by atoms with van der Waals surface area (Å²) < 4.78 is 0. The molecule has 0 bridgehead atoms. The highest BCUT2D eigenvalue weighted by molar-refractivity contribution is 5.93. The molecule has 0 aliphatic heterocycles. The molecule has 0 radical (unpaired) electrons. The van der Waals surface area contributed by atoms with E-state index < -0.39 is 0 Å². The van der Waals surface area contributed by atoms with Gasteiger partial charge in [-0.05, 0) is 13.0 Å². The van der Waals surface area contributed by atoms with E-state index in [4.69, 9.17) is 11.5 Å². The van der Waals surface area contributed by atoms with Gasteiger partial charge in [-0.25, -0.2) is 0 Å². The van der Waals surface area contributed by atoms with Gasteiger partial charge in [0.15, 0.2) is 0 Å². The van der Waals surface area contributed by atoms with Crippen LogP contribution in [0.25, 0.3) is 0 Å². The van der Waals surface area contributed by atoms with Crippen molar-refractivity contribution < 1.29 is 0 Å². The third-order valence-electron chi connectivity index (χ3n) is 0.983. The quantitative estimate of drug-likeness (QED) is 0.508. The van der Waals surface area contributed by atoms with Crippen LogP contribution in [0.5, 0.6) is 0 Å². The molecular formula is C6H13N3. The highest BCUT2D eigenvalue weighted by Gasteiger charge is 1.84. The molecule has 0 aliphatic carbocycles. The molecule has 0 spiro atoms. The fourth-order valence-corrected chi connectivity index (χ4v) is 0.392. The normalized spacial score (nSPS) is 14.1. The zero-order chi connectivity index (χ0) is 7.28. The van der Waals surface area contributed by atoms with E-state index in [1.807, 2.05) is 6.92 Å². The lowest BCUT2D eigenvalue weighted by Crippen LogP contribution is -2.12. The van der Waals surface area contributed by atoms with Crippen LogP contribution < -0.4 is 11.5 Å². The molecule has 0 amide bonds. The highest BCUT2D eigenvalue weighted by Crippen LogP contribution is 1.82. The Balaban J connectivity index is 3.95. The topological polar surface area (TPSA) is 64.4 Å². The summed E-state index contributed by atoms with van der Waals surface area (Å²) in [6.45, 7) is 2.27. The van der Waals surface area contributed by atoms with Crippen LogP contribution in [-0.2, 0) is 0 Å². The van der Waals surface area contributed by atoms with Gasteiger partial charge in [0.1, 0.15) is 0 Å². The van der Waals surface area contributed by atoms with Gasteiger partial charge in [0.25, 0.3) is 0 Å². The van der Waals surface area contributed by atoms with E-state index in [1.54, 1.807) is 13.1 Å². The summed E-state index contributed by atoms with van der Waals surface area (Å²) >= 11 is 0. The van der Waals surface area contributed by atoms with Gasteiger partial charge in [0, 0.05) is 25.0 Å². The summed E-state index contributed by atoms with van der Waals surface area (Å²) in [4.78, 5) is 3.88. The summed E-state index contributed by atoms with van der Waals surface area (Å²) in [7, 11) is 1.72. The van der Waals surface area contributed by atoms with Gasteiger partial charge in [0.2, 0.25) is 0 Å². The Hall–Kier alpha value is -0.830. The van der Waals surface area contributed by atoms with Crippen molar-refractivity contribution in [2.24, 2.45) is 16.5 Å². The maximum atomic E-state index is 5.40. The Bertz CT molecular complexity index is 135. The fraction of sp³-hybridized carbons (Fsp3) is 0.500. The minimum absolute atomic E-state index is 0.396. The lowest BCUT2D eigenvalue weighted by Gasteiger charge is -1.93. The van der Waals surface area contributed by atoms with Gasteiger partial charge < -0.3 is 11.5 Å². The SMILES string of the molecule is CN=C(C)C=C(N)CN. The predicted octanol–water partition coefficient (Wildman–Crippen LogP) is -0.122. The highest BCUT2D eigenvalue weighted by atomic mass is 14.7. The lowest BCUT2D eigenvalue weighted by atomic mass is 10.3. The van der Waals surface area contributed by atoms with E-state index in [-0.39, 0.29) is 0 Å². The van der Waals surface area contributed by atoms with Crippen molar-refractivity contribution in [1.29, 1.82) is 0 Å². The van der Waals surface area contributed by atoms with Crippen LogP contribution in [0, 0.1) is 0 Å². The average molecular weight is 127 g/mol. The second-order valence-corrected chi connectivity index (χ2v) is 1.79. The van der Waals surface area contributed by atoms with E-state index in [9.17, 15) is 0 Å². The van der Waals surface area contributed by atoms with Crippen molar-refractivity contribution in [1.82, 2.24) is 0 Å². The Labute approximate surface area is 55.4 Å². The maximum absolute atomic E-state index is 5.40. The molecule has 0 aliphatic rings. The molecule has 52 valence electrons. The second kappa shape index (κ2) is 4.09. The molecule has 3 nitrogen and oxygen atoms in total. The number of hydrogen-bond donors (Lipinski definition) is 2. The number of rotatable bonds is 2. The molecule has 0 rings (SSSR count). The van der Waals surface area contributed by atoms with Gasteiger partial charge in [0.05, 0.1) is 0 Å². The van der Waals surface area contributed by atoms with Crippen LogP contribution in [0.15, 0.2) is 16.8 Å². The molecule has 0 aromatic rings. The first-order valence-corrected chi connectivity index (χ1v) is 2.80. The number of allylic oxidation sites excluding steroid dienone is 1. The van der Waals surface area contributed by atoms with Crippen molar-refractivity contribution in [3.8, 4) is 0 Å². The first-order valence-electron chi connectivity index (χ1n) is 2.80. The van der Waals surface area contributed by atoms with Crippen LogP contribution in [-0.4, -0.2) is 19.3 Å². The summed E-state index contributed by atoms with van der Waals surface area (Å²) in [6.07, 6.45) is 1.76. The van der Waals surface area contributed by atoms with E-state index in [0.717, 1.165) is 5.71 Å². The van der Waals surface area contributed by atoms with Crippen molar-refractivity contribution in [3.05, 3.63) is 11.8 Å². The molecular weight excluding hydrogens is 114 g/mol. The zero-order valence-electron chi connectivity index (χ0n) is 5.89. The van der Waals surface area contributed by atoms with Crippen molar-refractivity contribution in [2.75, 3.05) is 13.6 Å². The summed E-state index contributed by atoms with van der Waals surface area (Å²) in [5, 5.41) is 0. The third-order valence-corrected chi connectivity index (χ3v) is 0.983. The van der Waals surface area contributed by atoms with Gasteiger partial charge in [-0.2, -0.15) is 0 Å². The van der Waals surface area contributed by atoms with E-state index in [1.165, 1.54) is 0 Å². The molecule has 4 N–H and O–H groups in total. The number of aliphatic imine (C=N–C) groups is 1. The van der Waals surface area contributed by atoms with Crippen LogP contribution in [0.4, 0.5) is 0 Å². The Morgan fingerprint density at radius 1 is 1.67 bits per heavy atom. The van der Waals surface area contributed by atoms with Crippen molar-refractivity contribution in [2.45, 2.75) is 6.92 Å². The minimum Gasteiger partial charge on any atom is -0.401 e. The van der Waals surface area contributed by atoms with Crippen LogP contribution in [0.1, 0.15) is 6.92 Å². The molecule has 0 fully saturated rings. The van der Waals surface area contributed by atoms with E-state index in [2.05, 4.69) is 4.99 Å². The summed E-state index contributed by atoms with van der Waals surface area (Å²) in [5.41, 5.74) is 12.2. The molecule has 3 heteroatoms. The maximum Gasteiger partial charge on any atom is 0.0331 e. The molecule has 0 aromatic heterocycles. The first kappa shape index (κ1) is 8.17. The minimum atomic E-state index is 0.396. The molecule has 9 heavy (non-hydrogen) atoms. The monoisotopic (exact) mass is 127 g/mol. The van der Waals surface area contributed by atoms with Gasteiger partial charge in [-0.15, -0.1) is 0 Å². The van der Waals surface area contributed by atoms with Gasteiger partial charge in [-0.3, -0.25) is 4.99 Å². The van der Waals surface area contributed by atoms with Gasteiger partial charge >= 0.3 is 0 Å². The Morgan fingerprint density at radius 3 is 2.56 bits per heavy atom. The number of hydrogen-bond acceptors (Lipinski definition) is 3. The molecule has 0 heterocycles. The van der Waals surface area contributed by atoms with Crippen molar-refractivity contribution >= 4 is 5.71 Å². The van der Waals surface area contributed by atoms with Crippen molar-refractivity contribution in [3.63, 3.8) is 0 Å². The summed E-state index contributed by atoms with van der Waals surface area (Å²) in [5.74, 6) is 0. The summed E-state index contributed by atoms with van der Waals surface area (Å²) in [6, 6.07) is 0. The largest absolute Gasteiger partial charge is 0.401 e. The Morgan fingerprint density at radius 2 is 2.22 bits per heavy atom. The molecule has 0 saturated carbocycles. The smallest absolute Gasteiger partial charge is 0.0331 e. The van der Waals surface area contributed by atoms with Crippen LogP contribution in [0.2, 0.25) is 0 Å². The van der Waals surface area contributed by atoms with E-state index in [0.29, 0.717) is 12.2 Å². The van der Waals surface area contributed by atoms with Gasteiger partial charge in [-0.1, -0.05) is 0 Å². The molecule has 0 saturated heterocycles. The van der Waals surface area contributed by atoms with Crippen LogP contribution >= 0.6 is 0 Å². The standard InChI is InChI=1S/C6H13N3/c1-5(9-2)3-6(8)4-7/h3H,4,7-8H2,1-2H3. The molecule has 0 unspecified atom stereocenters. The Kier molecular flexibility index (Phi) is 3.71. The predicted molar refractivity (Wildman–Crippen MR) is 40.4 cm³/mol. The second-order valence-electron chi connectivity index (χ2n) is 1.79. The third kappa shape index (κ3) is 3.73. The number of nitrogens with two attached hydrogens (primary N) is 2. The first-order chi connectivity index (χ1) is 4.20. The number of nitrogens with zero attached hydrogens (tertiary/aromatic N) is 1. The lowest BCUT2D eigenvalue weighted by molar-refractivity contribution is 1.11. The molecule has 0 atom stereocenters. The van der Waals surface area contributed by atoms with Crippen LogP contribution in [0.3, 0.4) is 0 Å².